The number of para-hydroxylation sites is 1. The van der Waals surface area contributed by atoms with Crippen molar-refractivity contribution in [3.63, 3.8) is 0 Å². The van der Waals surface area contributed by atoms with Crippen molar-refractivity contribution in [3.8, 4) is 5.75 Å². The molecule has 2 aromatic carbocycles. The summed E-state index contributed by atoms with van der Waals surface area (Å²) >= 11 is 0. The van der Waals surface area contributed by atoms with Crippen LogP contribution in [0.25, 0.3) is 0 Å². The normalized spacial score (nSPS) is 16.7. The number of nitrogens with zero attached hydrogens (tertiary/aromatic N) is 1. The third-order valence-corrected chi connectivity index (χ3v) is 6.30. The molecule has 1 unspecified atom stereocenters. The zero-order valence-electron chi connectivity index (χ0n) is 18.1. The standard InChI is InChI=1S/C24H27NO6S/c1-18(2)12-14-30-22-10-8-19(9-11-22)24(27)31-16-23(26)25(20-6-4-3-5-7-20)21-13-15-32(28,29)17-21/h3-11,13,15,18,21H,12,14,16-17H2,1-2H3. The van der Waals surface area contributed by atoms with Gasteiger partial charge in [-0.05, 0) is 54.8 Å². The SMILES string of the molecule is CC(C)CCOc1ccc(C(=O)OCC(=O)N(c2ccccc2)C2C=CS(=O)(=O)C2)cc1. The summed E-state index contributed by atoms with van der Waals surface area (Å²) in [7, 11) is -3.37. The Balaban J connectivity index is 1.62. The van der Waals surface area contributed by atoms with Gasteiger partial charge in [-0.15, -0.1) is 0 Å². The van der Waals surface area contributed by atoms with Crippen LogP contribution in [0.4, 0.5) is 5.69 Å². The van der Waals surface area contributed by atoms with Crippen molar-refractivity contribution in [1.82, 2.24) is 0 Å². The Bertz CT molecular complexity index is 1060. The molecule has 2 aromatic rings. The maximum atomic E-state index is 12.9. The zero-order chi connectivity index (χ0) is 23.1. The lowest BCUT2D eigenvalue weighted by molar-refractivity contribution is -0.121. The Morgan fingerprint density at radius 2 is 1.75 bits per heavy atom. The van der Waals surface area contributed by atoms with Crippen LogP contribution in [0.15, 0.2) is 66.1 Å². The molecule has 0 spiro atoms. The smallest absolute Gasteiger partial charge is 0.338 e. The van der Waals surface area contributed by atoms with Crippen molar-refractivity contribution in [1.29, 1.82) is 0 Å². The fraction of sp³-hybridized carbons (Fsp3) is 0.333. The summed E-state index contributed by atoms with van der Waals surface area (Å²) in [5.41, 5.74) is 0.826. The van der Waals surface area contributed by atoms with Crippen LogP contribution < -0.4 is 9.64 Å². The summed E-state index contributed by atoms with van der Waals surface area (Å²) in [6.07, 6.45) is 2.40. The van der Waals surface area contributed by atoms with Gasteiger partial charge in [-0.2, -0.15) is 0 Å². The second kappa shape index (κ2) is 10.5. The summed E-state index contributed by atoms with van der Waals surface area (Å²) in [4.78, 5) is 26.7. The van der Waals surface area contributed by atoms with Gasteiger partial charge in [0, 0.05) is 11.1 Å². The summed E-state index contributed by atoms with van der Waals surface area (Å²) in [6.45, 7) is 4.32. The molecule has 0 radical (unpaired) electrons. The first-order valence-corrected chi connectivity index (χ1v) is 12.1. The molecule has 0 N–H and O–H groups in total. The molecule has 1 aliphatic heterocycles. The van der Waals surface area contributed by atoms with Gasteiger partial charge in [-0.1, -0.05) is 32.0 Å². The number of carbonyl (C=O) groups is 2. The molecule has 1 heterocycles. The van der Waals surface area contributed by atoms with E-state index in [4.69, 9.17) is 9.47 Å². The molecule has 0 bridgehead atoms. The number of sulfone groups is 1. The van der Waals surface area contributed by atoms with E-state index >= 15 is 0 Å². The molecular formula is C24H27NO6S. The molecule has 0 fully saturated rings. The zero-order valence-corrected chi connectivity index (χ0v) is 19.0. The van der Waals surface area contributed by atoms with E-state index in [0.717, 1.165) is 11.8 Å². The number of esters is 1. The maximum Gasteiger partial charge on any atom is 0.338 e. The van der Waals surface area contributed by atoms with Gasteiger partial charge >= 0.3 is 5.97 Å². The molecular weight excluding hydrogens is 430 g/mol. The molecule has 170 valence electrons. The van der Waals surface area contributed by atoms with Crippen molar-refractivity contribution in [2.75, 3.05) is 23.9 Å². The average molecular weight is 458 g/mol. The van der Waals surface area contributed by atoms with Gasteiger partial charge < -0.3 is 14.4 Å². The van der Waals surface area contributed by atoms with Gasteiger partial charge in [-0.25, -0.2) is 13.2 Å². The minimum atomic E-state index is -3.37. The Morgan fingerprint density at radius 1 is 1.06 bits per heavy atom. The summed E-state index contributed by atoms with van der Waals surface area (Å²) in [5, 5.41) is 1.11. The van der Waals surface area contributed by atoms with Crippen LogP contribution in [0.1, 0.15) is 30.6 Å². The Kier molecular flexibility index (Phi) is 7.69. The van der Waals surface area contributed by atoms with E-state index in [9.17, 15) is 18.0 Å². The third-order valence-electron chi connectivity index (χ3n) is 4.93. The predicted octanol–water partition coefficient (Wildman–Crippen LogP) is 3.61. The number of rotatable bonds is 9. The average Bonchev–Trinajstić information content (AvgIpc) is 3.12. The number of benzene rings is 2. The van der Waals surface area contributed by atoms with Gasteiger partial charge in [0.25, 0.3) is 5.91 Å². The lowest BCUT2D eigenvalue weighted by atomic mass is 10.1. The highest BCUT2D eigenvalue weighted by atomic mass is 32.2. The van der Waals surface area contributed by atoms with E-state index < -0.39 is 34.4 Å². The number of hydrogen-bond acceptors (Lipinski definition) is 6. The highest BCUT2D eigenvalue weighted by molar-refractivity contribution is 7.94. The number of carbonyl (C=O) groups excluding carboxylic acids is 2. The minimum absolute atomic E-state index is 0.208. The van der Waals surface area contributed by atoms with E-state index in [-0.39, 0.29) is 5.75 Å². The first kappa shape index (κ1) is 23.5. The van der Waals surface area contributed by atoms with Crippen molar-refractivity contribution >= 4 is 27.4 Å². The fourth-order valence-electron chi connectivity index (χ4n) is 3.21. The van der Waals surface area contributed by atoms with Gasteiger partial charge in [0.05, 0.1) is 24.0 Å². The van der Waals surface area contributed by atoms with Crippen molar-refractivity contribution in [2.24, 2.45) is 5.92 Å². The molecule has 1 atom stereocenters. The summed E-state index contributed by atoms with van der Waals surface area (Å²) < 4.78 is 34.6. The van der Waals surface area contributed by atoms with Crippen LogP contribution in [0.5, 0.6) is 5.75 Å². The van der Waals surface area contributed by atoms with Crippen molar-refractivity contribution in [2.45, 2.75) is 26.3 Å². The molecule has 0 saturated heterocycles. The largest absolute Gasteiger partial charge is 0.494 e. The number of ether oxygens (including phenoxy) is 2. The second-order valence-electron chi connectivity index (χ2n) is 7.96. The van der Waals surface area contributed by atoms with Crippen LogP contribution in [-0.4, -0.2) is 45.3 Å². The molecule has 1 amide bonds. The van der Waals surface area contributed by atoms with Gasteiger partial charge in [0.15, 0.2) is 16.4 Å². The van der Waals surface area contributed by atoms with Crippen LogP contribution in [0.2, 0.25) is 0 Å². The van der Waals surface area contributed by atoms with E-state index in [0.29, 0.717) is 29.5 Å². The highest BCUT2D eigenvalue weighted by Crippen LogP contribution is 2.23. The van der Waals surface area contributed by atoms with Gasteiger partial charge in [0.2, 0.25) is 0 Å². The quantitative estimate of drug-likeness (QED) is 0.535. The number of hydrogen-bond donors (Lipinski definition) is 0. The van der Waals surface area contributed by atoms with Crippen LogP contribution in [0, 0.1) is 5.92 Å². The minimum Gasteiger partial charge on any atom is -0.494 e. The first-order chi connectivity index (χ1) is 15.2. The van der Waals surface area contributed by atoms with E-state index in [2.05, 4.69) is 13.8 Å². The van der Waals surface area contributed by atoms with E-state index in [1.165, 1.54) is 11.0 Å². The van der Waals surface area contributed by atoms with Gasteiger partial charge in [0.1, 0.15) is 5.75 Å². The molecule has 7 nitrogen and oxygen atoms in total. The molecule has 3 rings (SSSR count). The number of anilines is 1. The topological polar surface area (TPSA) is 90.0 Å². The maximum absolute atomic E-state index is 12.9. The van der Waals surface area contributed by atoms with Gasteiger partial charge in [-0.3, -0.25) is 4.79 Å². The first-order valence-electron chi connectivity index (χ1n) is 10.4. The predicted molar refractivity (Wildman–Crippen MR) is 122 cm³/mol. The Labute approximate surface area is 188 Å². The monoisotopic (exact) mass is 457 g/mol. The molecule has 1 aliphatic rings. The van der Waals surface area contributed by atoms with Crippen LogP contribution in [-0.2, 0) is 19.4 Å². The molecule has 0 saturated carbocycles. The van der Waals surface area contributed by atoms with Crippen LogP contribution in [0.3, 0.4) is 0 Å². The second-order valence-corrected chi connectivity index (χ2v) is 9.89. The molecule has 0 aliphatic carbocycles. The lowest BCUT2D eigenvalue weighted by Crippen LogP contribution is -2.43. The fourth-order valence-corrected chi connectivity index (χ4v) is 4.48. The van der Waals surface area contributed by atoms with E-state index in [1.807, 2.05) is 0 Å². The molecule has 32 heavy (non-hydrogen) atoms. The van der Waals surface area contributed by atoms with E-state index in [1.54, 1.807) is 54.6 Å². The Hall–Kier alpha value is -3.13. The van der Waals surface area contributed by atoms with Crippen molar-refractivity contribution in [3.05, 3.63) is 71.6 Å². The highest BCUT2D eigenvalue weighted by Gasteiger charge is 2.31. The summed E-state index contributed by atoms with van der Waals surface area (Å²) in [5.74, 6) is -0.167. The Morgan fingerprint density at radius 3 is 2.34 bits per heavy atom. The van der Waals surface area contributed by atoms with Crippen LogP contribution >= 0.6 is 0 Å². The number of amides is 1. The molecule has 8 heteroatoms. The van der Waals surface area contributed by atoms with Crippen molar-refractivity contribution < 1.29 is 27.5 Å². The molecule has 0 aromatic heterocycles. The summed E-state index contributed by atoms with van der Waals surface area (Å²) in [6, 6.07) is 14.6. The third kappa shape index (κ3) is 6.43. The lowest BCUT2D eigenvalue weighted by Gasteiger charge is -2.27.